The van der Waals surface area contributed by atoms with Crippen LogP contribution < -0.4 is 10.2 Å². The third-order valence-corrected chi connectivity index (χ3v) is 7.30. The first-order valence-electron chi connectivity index (χ1n) is 10.8. The SMILES string of the molecule is CO[C@H]1CC[C@H](C(=O)Nc2c(-c3ccccc3F)ccnc2N2CCC(P)(P)C2)CC1. The Kier molecular flexibility index (Phi) is 6.91. The zero-order valence-electron chi connectivity index (χ0n) is 17.8. The molecule has 0 bridgehead atoms. The molecule has 0 spiro atoms. The third-order valence-electron chi connectivity index (χ3n) is 6.35. The summed E-state index contributed by atoms with van der Waals surface area (Å²) in [5.41, 5.74) is 1.72. The van der Waals surface area contributed by atoms with Crippen LogP contribution in [0.15, 0.2) is 36.5 Å². The Morgan fingerprint density at radius 3 is 2.58 bits per heavy atom. The molecule has 0 radical (unpaired) electrons. The Morgan fingerprint density at radius 1 is 1.19 bits per heavy atom. The maximum Gasteiger partial charge on any atom is 0.227 e. The highest BCUT2D eigenvalue weighted by Gasteiger charge is 2.33. The fourth-order valence-electron chi connectivity index (χ4n) is 4.54. The van der Waals surface area contributed by atoms with Gasteiger partial charge in [-0.3, -0.25) is 4.79 Å². The number of hydrogen-bond donors (Lipinski definition) is 1. The molecule has 1 aromatic heterocycles. The van der Waals surface area contributed by atoms with Crippen molar-refractivity contribution < 1.29 is 13.9 Å². The van der Waals surface area contributed by atoms with E-state index < -0.39 is 0 Å². The minimum absolute atomic E-state index is 0.00942. The Bertz CT molecular complexity index is 948. The molecule has 5 nitrogen and oxygen atoms in total. The third kappa shape index (κ3) is 5.08. The van der Waals surface area contributed by atoms with E-state index in [1.54, 1.807) is 31.5 Å². The van der Waals surface area contributed by atoms with Crippen LogP contribution in [0.2, 0.25) is 0 Å². The average molecular weight is 461 g/mol. The van der Waals surface area contributed by atoms with Crippen molar-refractivity contribution >= 4 is 35.9 Å². The Hall–Kier alpha value is -1.61. The van der Waals surface area contributed by atoms with Gasteiger partial charge in [0.2, 0.25) is 5.91 Å². The largest absolute Gasteiger partial charge is 0.381 e. The average Bonchev–Trinajstić information content (AvgIpc) is 3.14. The molecule has 8 heteroatoms. The number of carbonyl (C=O) groups is 1. The number of nitrogens with one attached hydrogen (secondary N) is 1. The number of rotatable bonds is 5. The normalized spacial score (nSPS) is 23.0. The van der Waals surface area contributed by atoms with Gasteiger partial charge in [-0.2, -0.15) is 0 Å². The zero-order chi connectivity index (χ0) is 22.0. The van der Waals surface area contributed by atoms with Gasteiger partial charge in [-0.25, -0.2) is 9.37 Å². The van der Waals surface area contributed by atoms with Gasteiger partial charge in [0, 0.05) is 48.3 Å². The maximum absolute atomic E-state index is 14.7. The standard InChI is InChI=1S/C23H30FN3O2P2/c1-29-16-8-6-15(7-9-16)22(28)26-20-18(17-4-2-3-5-19(17)24)10-12-25-21(20)27-13-11-23(30,31)14-27/h2-5,10,12,15-16H,6-9,11,13-14,30-31H2,1H3,(H,26,28)/t15-,16-. The van der Waals surface area contributed by atoms with E-state index in [0.717, 1.165) is 45.2 Å². The summed E-state index contributed by atoms with van der Waals surface area (Å²) in [7, 11) is 7.49. The number of pyridine rings is 1. The molecule has 1 aliphatic carbocycles. The van der Waals surface area contributed by atoms with E-state index in [1.807, 2.05) is 6.07 Å². The molecule has 2 aromatic rings. The lowest BCUT2D eigenvalue weighted by molar-refractivity contribution is -0.121. The Balaban J connectivity index is 1.68. The van der Waals surface area contributed by atoms with E-state index in [9.17, 15) is 9.18 Å². The smallest absolute Gasteiger partial charge is 0.227 e. The topological polar surface area (TPSA) is 54.5 Å². The van der Waals surface area contributed by atoms with Crippen LogP contribution in [0.1, 0.15) is 32.1 Å². The van der Waals surface area contributed by atoms with Crippen LogP contribution in [0.25, 0.3) is 11.1 Å². The molecule has 4 rings (SSSR count). The molecule has 1 aliphatic heterocycles. The van der Waals surface area contributed by atoms with Crippen molar-refractivity contribution in [1.82, 2.24) is 4.98 Å². The minimum atomic E-state index is -0.316. The molecule has 2 aliphatic rings. The van der Waals surface area contributed by atoms with Crippen LogP contribution in [0, 0.1) is 11.7 Å². The summed E-state index contributed by atoms with van der Waals surface area (Å²) >= 11 is 0. The quantitative estimate of drug-likeness (QED) is 0.657. The van der Waals surface area contributed by atoms with Crippen molar-refractivity contribution in [2.45, 2.75) is 43.1 Å². The highest BCUT2D eigenvalue weighted by atomic mass is 31.1. The number of benzene rings is 1. The number of halogens is 1. The second kappa shape index (κ2) is 9.48. The number of carbonyl (C=O) groups excluding carboxylic acids is 1. The molecule has 2 fully saturated rings. The van der Waals surface area contributed by atoms with E-state index in [1.165, 1.54) is 6.07 Å². The first-order chi connectivity index (χ1) is 14.9. The molecule has 1 N–H and O–H groups in total. The molecule has 1 saturated carbocycles. The number of aromatic nitrogens is 1. The molecule has 31 heavy (non-hydrogen) atoms. The highest BCUT2D eigenvalue weighted by Crippen LogP contribution is 2.43. The molecular weight excluding hydrogens is 431 g/mol. The van der Waals surface area contributed by atoms with Gasteiger partial charge in [-0.15, -0.1) is 18.5 Å². The van der Waals surface area contributed by atoms with Crippen LogP contribution in [0.3, 0.4) is 0 Å². The molecule has 1 saturated heterocycles. The number of methoxy groups -OCH3 is 1. The van der Waals surface area contributed by atoms with E-state index in [4.69, 9.17) is 4.74 Å². The van der Waals surface area contributed by atoms with Crippen molar-refractivity contribution in [3.8, 4) is 11.1 Å². The van der Waals surface area contributed by atoms with E-state index in [0.29, 0.717) is 22.6 Å². The fraction of sp³-hybridized carbons (Fsp3) is 0.478. The summed E-state index contributed by atoms with van der Waals surface area (Å²) in [5, 5.41) is 3.15. The monoisotopic (exact) mass is 461 g/mol. The van der Waals surface area contributed by atoms with E-state index >= 15 is 0 Å². The first-order valence-corrected chi connectivity index (χ1v) is 11.9. The first kappa shape index (κ1) is 22.6. The zero-order valence-corrected chi connectivity index (χ0v) is 20.1. The lowest BCUT2D eigenvalue weighted by Gasteiger charge is -2.28. The van der Waals surface area contributed by atoms with Crippen molar-refractivity contribution in [2.75, 3.05) is 30.4 Å². The fourth-order valence-corrected chi connectivity index (χ4v) is 5.24. The van der Waals surface area contributed by atoms with Gasteiger partial charge in [-0.1, -0.05) is 18.2 Å². The van der Waals surface area contributed by atoms with Crippen LogP contribution in [-0.2, 0) is 9.53 Å². The van der Waals surface area contributed by atoms with Crippen molar-refractivity contribution in [3.63, 3.8) is 0 Å². The highest BCUT2D eigenvalue weighted by molar-refractivity contribution is 7.40. The summed E-state index contributed by atoms with van der Waals surface area (Å²) in [6.07, 6.45) is 6.24. The van der Waals surface area contributed by atoms with Crippen LogP contribution >= 0.6 is 18.5 Å². The number of hydrogen-bond acceptors (Lipinski definition) is 4. The number of nitrogens with zero attached hydrogens (tertiary/aromatic N) is 2. The van der Waals surface area contributed by atoms with Crippen molar-refractivity contribution in [2.24, 2.45) is 5.92 Å². The van der Waals surface area contributed by atoms with E-state index in [-0.39, 0.29) is 28.6 Å². The van der Waals surface area contributed by atoms with Gasteiger partial charge < -0.3 is 15.0 Å². The second-order valence-electron chi connectivity index (χ2n) is 8.64. The minimum Gasteiger partial charge on any atom is -0.381 e. The summed E-state index contributed by atoms with van der Waals surface area (Å²) in [6, 6.07) is 8.45. The van der Waals surface area contributed by atoms with Gasteiger partial charge in [0.15, 0.2) is 5.82 Å². The molecule has 1 aromatic carbocycles. The summed E-state index contributed by atoms with van der Waals surface area (Å²) in [6.45, 7) is 1.60. The van der Waals surface area contributed by atoms with Gasteiger partial charge in [0.05, 0.1) is 11.8 Å². The lowest BCUT2D eigenvalue weighted by atomic mass is 9.86. The summed E-state index contributed by atoms with van der Waals surface area (Å²) < 4.78 is 20.1. The number of anilines is 2. The van der Waals surface area contributed by atoms with Gasteiger partial charge in [0.25, 0.3) is 0 Å². The molecule has 166 valence electrons. The van der Waals surface area contributed by atoms with Gasteiger partial charge >= 0.3 is 0 Å². The molecule has 1 amide bonds. The summed E-state index contributed by atoms with van der Waals surface area (Å²) in [5.74, 6) is 0.285. The Morgan fingerprint density at radius 2 is 1.94 bits per heavy atom. The summed E-state index contributed by atoms with van der Waals surface area (Å²) in [4.78, 5) is 20.0. The second-order valence-corrected chi connectivity index (χ2v) is 11.6. The predicted molar refractivity (Wildman–Crippen MR) is 130 cm³/mol. The predicted octanol–water partition coefficient (Wildman–Crippen LogP) is 4.69. The van der Waals surface area contributed by atoms with Crippen LogP contribution in [-0.4, -0.2) is 42.1 Å². The Labute approximate surface area is 187 Å². The van der Waals surface area contributed by atoms with Crippen LogP contribution in [0.4, 0.5) is 15.9 Å². The molecular formula is C23H30FN3O2P2. The van der Waals surface area contributed by atoms with Crippen LogP contribution in [0.5, 0.6) is 0 Å². The maximum atomic E-state index is 14.7. The van der Waals surface area contributed by atoms with Gasteiger partial charge in [0.1, 0.15) is 5.82 Å². The number of amides is 1. The van der Waals surface area contributed by atoms with Gasteiger partial charge in [-0.05, 0) is 44.2 Å². The van der Waals surface area contributed by atoms with E-state index in [2.05, 4.69) is 33.7 Å². The lowest BCUT2D eigenvalue weighted by Crippen LogP contribution is -2.31. The molecule has 2 unspecified atom stereocenters. The number of ether oxygens (including phenoxy) is 1. The molecule has 2 heterocycles. The van der Waals surface area contributed by atoms with Crippen molar-refractivity contribution in [1.29, 1.82) is 0 Å². The van der Waals surface area contributed by atoms with Crippen molar-refractivity contribution in [3.05, 3.63) is 42.3 Å². The molecule has 2 atom stereocenters.